The summed E-state index contributed by atoms with van der Waals surface area (Å²) >= 11 is 0. The van der Waals surface area contributed by atoms with Crippen molar-refractivity contribution >= 4 is 11.8 Å². The van der Waals surface area contributed by atoms with Crippen molar-refractivity contribution in [2.24, 2.45) is 5.92 Å². The fourth-order valence-corrected chi connectivity index (χ4v) is 4.98. The van der Waals surface area contributed by atoms with Crippen LogP contribution in [0.4, 0.5) is 0 Å². The third kappa shape index (κ3) is 4.18. The molecule has 3 fully saturated rings. The second kappa shape index (κ2) is 8.42. The molecule has 4 rings (SSSR count). The molecule has 1 aromatic rings. The first-order valence-electron chi connectivity index (χ1n) is 10.5. The van der Waals surface area contributed by atoms with Crippen LogP contribution in [0.15, 0.2) is 12.5 Å². The quantitative estimate of drug-likeness (QED) is 0.834. The summed E-state index contributed by atoms with van der Waals surface area (Å²) in [6, 6.07) is 0.298. The first kappa shape index (κ1) is 18.5. The van der Waals surface area contributed by atoms with Crippen molar-refractivity contribution in [1.29, 1.82) is 0 Å². The molecule has 1 saturated carbocycles. The van der Waals surface area contributed by atoms with Gasteiger partial charge < -0.3 is 20.1 Å². The first-order valence-corrected chi connectivity index (χ1v) is 10.5. The van der Waals surface area contributed by atoms with Gasteiger partial charge >= 0.3 is 0 Å². The van der Waals surface area contributed by atoms with Gasteiger partial charge in [-0.2, -0.15) is 0 Å². The number of amides is 2. The highest BCUT2D eigenvalue weighted by Crippen LogP contribution is 2.28. The number of rotatable bonds is 4. The molecule has 3 aliphatic rings. The second-order valence-corrected chi connectivity index (χ2v) is 8.22. The molecule has 1 aliphatic carbocycles. The topological polar surface area (TPSA) is 81.3 Å². The van der Waals surface area contributed by atoms with Gasteiger partial charge in [0.2, 0.25) is 11.8 Å². The lowest BCUT2D eigenvalue weighted by Crippen LogP contribution is -2.59. The first-order chi connectivity index (χ1) is 13.2. The number of aromatic amines is 1. The maximum Gasteiger partial charge on any atom is 0.243 e. The number of aromatic nitrogens is 2. The van der Waals surface area contributed by atoms with Crippen LogP contribution in [0, 0.1) is 5.92 Å². The van der Waals surface area contributed by atoms with E-state index in [0.29, 0.717) is 19.5 Å². The zero-order valence-corrected chi connectivity index (χ0v) is 16.0. The summed E-state index contributed by atoms with van der Waals surface area (Å²) < 4.78 is 0. The fraction of sp³-hybridized carbons (Fsp3) is 0.750. The maximum atomic E-state index is 13.2. The minimum atomic E-state index is -0.428. The molecule has 7 nitrogen and oxygen atoms in total. The molecule has 2 N–H and O–H groups in total. The van der Waals surface area contributed by atoms with E-state index < -0.39 is 6.04 Å². The van der Waals surface area contributed by atoms with Crippen LogP contribution in [0.5, 0.6) is 0 Å². The van der Waals surface area contributed by atoms with Gasteiger partial charge in [-0.05, 0) is 38.8 Å². The van der Waals surface area contributed by atoms with E-state index in [-0.39, 0.29) is 17.7 Å². The number of nitrogens with one attached hydrogen (secondary N) is 2. The third-order valence-corrected chi connectivity index (χ3v) is 6.55. The van der Waals surface area contributed by atoms with Gasteiger partial charge in [0.15, 0.2) is 0 Å². The molecule has 148 valence electrons. The molecular formula is C20H31N5O2. The van der Waals surface area contributed by atoms with E-state index in [1.807, 2.05) is 4.90 Å². The van der Waals surface area contributed by atoms with Crippen molar-refractivity contribution in [2.75, 3.05) is 26.2 Å². The second-order valence-electron chi connectivity index (χ2n) is 8.22. The largest absolute Gasteiger partial charge is 0.353 e. The summed E-state index contributed by atoms with van der Waals surface area (Å²) in [5, 5.41) is 2.91. The normalized spacial score (nSPS) is 26.1. The van der Waals surface area contributed by atoms with Crippen molar-refractivity contribution in [3.8, 4) is 0 Å². The number of hydrogen-bond donors (Lipinski definition) is 2. The molecule has 0 aromatic carbocycles. The Balaban J connectivity index is 1.36. The van der Waals surface area contributed by atoms with Gasteiger partial charge in [0.25, 0.3) is 0 Å². The van der Waals surface area contributed by atoms with E-state index in [2.05, 4.69) is 20.2 Å². The molecule has 1 aromatic heterocycles. The van der Waals surface area contributed by atoms with Gasteiger partial charge in [-0.1, -0.05) is 19.3 Å². The monoisotopic (exact) mass is 373 g/mol. The lowest BCUT2D eigenvalue weighted by atomic mass is 9.89. The highest BCUT2D eigenvalue weighted by Gasteiger charge is 2.38. The number of carbonyl (C=O) groups excluding carboxylic acids is 2. The third-order valence-electron chi connectivity index (χ3n) is 6.55. The van der Waals surface area contributed by atoms with E-state index in [4.69, 9.17) is 0 Å². The summed E-state index contributed by atoms with van der Waals surface area (Å²) in [5.41, 5.74) is 0.891. The minimum Gasteiger partial charge on any atom is -0.353 e. The molecule has 0 unspecified atom stereocenters. The molecule has 27 heavy (non-hydrogen) atoms. The summed E-state index contributed by atoms with van der Waals surface area (Å²) in [7, 11) is 0. The van der Waals surface area contributed by atoms with E-state index in [9.17, 15) is 9.59 Å². The summed E-state index contributed by atoms with van der Waals surface area (Å²) in [4.78, 5) is 37.2. The predicted octanol–water partition coefficient (Wildman–Crippen LogP) is 1.32. The average molecular weight is 374 g/mol. The Kier molecular flexibility index (Phi) is 5.76. The number of piperidine rings is 1. The van der Waals surface area contributed by atoms with Gasteiger partial charge in [0.05, 0.1) is 6.33 Å². The number of nitrogens with zero attached hydrogens (tertiary/aromatic N) is 3. The summed E-state index contributed by atoms with van der Waals surface area (Å²) in [5.74, 6) is 0.168. The van der Waals surface area contributed by atoms with Crippen molar-refractivity contribution in [2.45, 2.75) is 63.5 Å². The molecule has 0 spiro atoms. The molecule has 2 saturated heterocycles. The Labute approximate surface area is 160 Å². The summed E-state index contributed by atoms with van der Waals surface area (Å²) in [6.07, 6.45) is 12.4. The molecule has 1 atom stereocenters. The minimum absolute atomic E-state index is 0.0520. The number of H-pyrrole nitrogens is 1. The molecule has 7 heteroatoms. The number of likely N-dealkylation sites (tertiary alicyclic amines) is 1. The van der Waals surface area contributed by atoms with Crippen LogP contribution in [-0.2, 0) is 16.0 Å². The Morgan fingerprint density at radius 2 is 1.89 bits per heavy atom. The molecular weight excluding hydrogens is 342 g/mol. The van der Waals surface area contributed by atoms with E-state index >= 15 is 0 Å². The molecule has 0 radical (unpaired) electrons. The number of imidazole rings is 1. The predicted molar refractivity (Wildman–Crippen MR) is 102 cm³/mol. The lowest BCUT2D eigenvalue weighted by Gasteiger charge is -2.42. The Morgan fingerprint density at radius 3 is 2.59 bits per heavy atom. The molecule has 3 heterocycles. The average Bonchev–Trinajstić information content (AvgIpc) is 3.23. The van der Waals surface area contributed by atoms with Crippen LogP contribution >= 0.6 is 0 Å². The Hall–Kier alpha value is -1.89. The SMILES string of the molecule is O=C1NCCN(C(=O)C2CCN(C3CCCCC3)CC2)[C@@H]1Cc1cnc[nH]1. The van der Waals surface area contributed by atoms with Crippen LogP contribution in [-0.4, -0.2) is 69.8 Å². The van der Waals surface area contributed by atoms with Gasteiger partial charge in [0.1, 0.15) is 6.04 Å². The highest BCUT2D eigenvalue weighted by atomic mass is 16.2. The Morgan fingerprint density at radius 1 is 1.11 bits per heavy atom. The standard InChI is InChI=1S/C20H31N5O2/c26-19-18(12-16-13-21-14-23-16)25(11-8-22-19)20(27)15-6-9-24(10-7-15)17-4-2-1-3-5-17/h13-15,17-18H,1-12H2,(H,21,23)(H,22,26)/t18-/m1/s1. The number of piperazine rings is 1. The number of hydrogen-bond acceptors (Lipinski definition) is 4. The molecule has 2 amide bonds. The Bertz CT molecular complexity index is 633. The highest BCUT2D eigenvalue weighted by molar-refractivity contribution is 5.89. The van der Waals surface area contributed by atoms with Crippen molar-refractivity contribution in [3.63, 3.8) is 0 Å². The molecule has 0 bridgehead atoms. The maximum absolute atomic E-state index is 13.2. The van der Waals surface area contributed by atoms with Crippen LogP contribution in [0.25, 0.3) is 0 Å². The summed E-state index contributed by atoms with van der Waals surface area (Å²) in [6.45, 7) is 3.19. The van der Waals surface area contributed by atoms with Crippen LogP contribution in [0.2, 0.25) is 0 Å². The molecule has 2 aliphatic heterocycles. The van der Waals surface area contributed by atoms with Crippen LogP contribution in [0.1, 0.15) is 50.6 Å². The zero-order valence-electron chi connectivity index (χ0n) is 16.0. The van der Waals surface area contributed by atoms with Crippen molar-refractivity contribution in [1.82, 2.24) is 25.1 Å². The van der Waals surface area contributed by atoms with E-state index in [0.717, 1.165) is 37.7 Å². The van der Waals surface area contributed by atoms with Gasteiger partial charge in [-0.25, -0.2) is 4.98 Å². The van der Waals surface area contributed by atoms with E-state index in [1.54, 1.807) is 12.5 Å². The van der Waals surface area contributed by atoms with Gasteiger partial charge in [-0.15, -0.1) is 0 Å². The lowest BCUT2D eigenvalue weighted by molar-refractivity contribution is -0.147. The van der Waals surface area contributed by atoms with Crippen molar-refractivity contribution in [3.05, 3.63) is 18.2 Å². The number of carbonyl (C=O) groups is 2. The fourth-order valence-electron chi connectivity index (χ4n) is 4.98. The van der Waals surface area contributed by atoms with Crippen LogP contribution in [0.3, 0.4) is 0 Å². The van der Waals surface area contributed by atoms with E-state index in [1.165, 1.54) is 32.1 Å². The van der Waals surface area contributed by atoms with Gasteiger partial charge in [0, 0.05) is 43.4 Å². The van der Waals surface area contributed by atoms with Crippen LogP contribution < -0.4 is 5.32 Å². The smallest absolute Gasteiger partial charge is 0.243 e. The van der Waals surface area contributed by atoms with Crippen molar-refractivity contribution < 1.29 is 9.59 Å². The van der Waals surface area contributed by atoms with Gasteiger partial charge in [-0.3, -0.25) is 9.59 Å². The zero-order chi connectivity index (χ0) is 18.6.